The third-order valence-electron chi connectivity index (χ3n) is 3.02. The lowest BCUT2D eigenvalue weighted by Gasteiger charge is -2.27. The van der Waals surface area contributed by atoms with E-state index in [1.165, 1.54) is 0 Å². The fourth-order valence-corrected chi connectivity index (χ4v) is 1.99. The third-order valence-corrected chi connectivity index (χ3v) is 3.02. The summed E-state index contributed by atoms with van der Waals surface area (Å²) in [6.07, 6.45) is 0. The van der Waals surface area contributed by atoms with Gasteiger partial charge in [-0.25, -0.2) is 0 Å². The number of carbonyl (C=O) groups is 1. The molecule has 0 bridgehead atoms. The molecule has 1 N–H and O–H groups in total. The van der Waals surface area contributed by atoms with Crippen LogP contribution in [0.1, 0.15) is 60.1 Å². The Bertz CT molecular complexity index is 504. The van der Waals surface area contributed by atoms with Crippen molar-refractivity contribution in [2.24, 2.45) is 10.4 Å². The molecule has 21 heavy (non-hydrogen) atoms. The Labute approximate surface area is 128 Å². The van der Waals surface area contributed by atoms with Gasteiger partial charge in [-0.1, -0.05) is 51.1 Å². The number of nitrogens with one attached hydrogen (secondary N) is 1. The van der Waals surface area contributed by atoms with E-state index < -0.39 is 0 Å². The van der Waals surface area contributed by atoms with Crippen LogP contribution >= 0.6 is 0 Å². The zero-order chi connectivity index (χ0) is 16.3. The number of amides is 1. The van der Waals surface area contributed by atoms with Crippen LogP contribution in [0.25, 0.3) is 0 Å². The van der Waals surface area contributed by atoms with E-state index >= 15 is 0 Å². The normalized spacial score (nSPS) is 14.7. The molecule has 0 spiro atoms. The topological polar surface area (TPSA) is 41.5 Å². The molecule has 3 nitrogen and oxygen atoms in total. The minimum atomic E-state index is -0.293. The number of hydrogen-bond donors (Lipinski definition) is 1. The second kappa shape index (κ2) is 6.42. The first kappa shape index (κ1) is 17.4. The Kier molecular flexibility index (Phi) is 5.32. The first-order valence-electron chi connectivity index (χ1n) is 7.46. The maximum absolute atomic E-state index is 12.5. The summed E-state index contributed by atoms with van der Waals surface area (Å²) in [5, 5.41) is 3.01. The van der Waals surface area contributed by atoms with Gasteiger partial charge in [0.05, 0.1) is 6.04 Å². The van der Waals surface area contributed by atoms with Gasteiger partial charge in [-0.3, -0.25) is 9.79 Å². The first-order valence-corrected chi connectivity index (χ1v) is 7.46. The van der Waals surface area contributed by atoms with Crippen LogP contribution in [0.4, 0.5) is 0 Å². The molecule has 116 valence electrons. The van der Waals surface area contributed by atoms with Crippen molar-refractivity contribution >= 4 is 11.6 Å². The molecular weight excluding hydrogens is 260 g/mol. The van der Waals surface area contributed by atoms with Gasteiger partial charge in [0.25, 0.3) is 5.91 Å². The van der Waals surface area contributed by atoms with Gasteiger partial charge in [-0.05, 0) is 33.3 Å². The summed E-state index contributed by atoms with van der Waals surface area (Å²) in [6, 6.07) is 10.0. The van der Waals surface area contributed by atoms with E-state index in [-0.39, 0.29) is 22.9 Å². The molecule has 0 aliphatic carbocycles. The van der Waals surface area contributed by atoms with Gasteiger partial charge < -0.3 is 5.32 Å². The average Bonchev–Trinajstić information content (AvgIpc) is 2.33. The summed E-state index contributed by atoms with van der Waals surface area (Å²) >= 11 is 0. The number of carbonyl (C=O) groups excluding carboxylic acids is 1. The van der Waals surface area contributed by atoms with Gasteiger partial charge in [0.1, 0.15) is 5.71 Å². The maximum atomic E-state index is 12.5. The monoisotopic (exact) mass is 288 g/mol. The fourth-order valence-electron chi connectivity index (χ4n) is 1.99. The molecule has 0 radical (unpaired) electrons. The van der Waals surface area contributed by atoms with Gasteiger partial charge in [0.2, 0.25) is 0 Å². The second-order valence-corrected chi connectivity index (χ2v) is 7.52. The molecule has 0 unspecified atom stereocenters. The molecule has 1 atom stereocenters. The molecule has 0 saturated heterocycles. The quantitative estimate of drug-likeness (QED) is 0.834. The van der Waals surface area contributed by atoms with Crippen LogP contribution in [0.5, 0.6) is 0 Å². The van der Waals surface area contributed by atoms with Gasteiger partial charge in [-0.2, -0.15) is 0 Å². The zero-order valence-electron chi connectivity index (χ0n) is 14.3. The van der Waals surface area contributed by atoms with Crippen molar-refractivity contribution in [1.29, 1.82) is 0 Å². The molecular formula is C18H28N2O. The molecule has 1 rings (SSSR count). The lowest BCUT2D eigenvalue weighted by atomic mass is 9.88. The number of rotatable bonds is 3. The third kappa shape index (κ3) is 5.70. The van der Waals surface area contributed by atoms with E-state index in [2.05, 4.69) is 5.32 Å². The lowest BCUT2D eigenvalue weighted by molar-refractivity contribution is -0.116. The van der Waals surface area contributed by atoms with Gasteiger partial charge in [-0.15, -0.1) is 0 Å². The van der Waals surface area contributed by atoms with Gasteiger partial charge in [0.15, 0.2) is 0 Å². The van der Waals surface area contributed by atoms with Crippen molar-refractivity contribution in [2.75, 3.05) is 0 Å². The SMILES string of the molecule is C[C@H](N=C(C(=O)NC(C)(C)C)C(C)(C)C)c1ccccc1. The summed E-state index contributed by atoms with van der Waals surface area (Å²) in [7, 11) is 0. The van der Waals surface area contributed by atoms with Crippen LogP contribution in [0.2, 0.25) is 0 Å². The molecule has 3 heteroatoms. The van der Waals surface area contributed by atoms with E-state index in [1.807, 2.05) is 78.8 Å². The Balaban J connectivity index is 3.09. The first-order chi connectivity index (χ1) is 9.50. The highest BCUT2D eigenvalue weighted by Crippen LogP contribution is 2.23. The molecule has 0 aliphatic heterocycles. The molecule has 1 aromatic rings. The average molecular weight is 288 g/mol. The van der Waals surface area contributed by atoms with E-state index in [0.29, 0.717) is 5.71 Å². The second-order valence-electron chi connectivity index (χ2n) is 7.52. The predicted molar refractivity (Wildman–Crippen MR) is 89.6 cm³/mol. The van der Waals surface area contributed by atoms with Crippen LogP contribution < -0.4 is 5.32 Å². The standard InChI is InChI=1S/C18H28N2O/c1-13(14-11-9-8-10-12-14)19-15(17(2,3)4)16(21)20-18(5,6)7/h8-13H,1-7H3,(H,20,21)/t13-/m0/s1. The summed E-state index contributed by atoms with van der Waals surface area (Å²) in [5.41, 5.74) is 1.15. The van der Waals surface area contributed by atoms with E-state index in [4.69, 9.17) is 4.99 Å². The Morgan fingerprint density at radius 3 is 2.00 bits per heavy atom. The predicted octanol–water partition coefficient (Wildman–Crippen LogP) is 4.15. The molecule has 0 fully saturated rings. The van der Waals surface area contributed by atoms with Crippen molar-refractivity contribution in [3.05, 3.63) is 35.9 Å². The van der Waals surface area contributed by atoms with Crippen LogP contribution in [0, 0.1) is 5.41 Å². The molecule has 0 saturated carbocycles. The Hall–Kier alpha value is -1.64. The smallest absolute Gasteiger partial charge is 0.266 e. The van der Waals surface area contributed by atoms with Crippen LogP contribution in [-0.2, 0) is 4.79 Å². The van der Waals surface area contributed by atoms with Crippen molar-refractivity contribution in [2.45, 2.75) is 60.0 Å². The van der Waals surface area contributed by atoms with Crippen LogP contribution in [0.3, 0.4) is 0 Å². The van der Waals surface area contributed by atoms with Gasteiger partial charge in [0, 0.05) is 11.0 Å². The summed E-state index contributed by atoms with van der Waals surface area (Å²) in [5.74, 6) is -0.0854. The zero-order valence-corrected chi connectivity index (χ0v) is 14.3. The van der Waals surface area contributed by atoms with Crippen molar-refractivity contribution in [1.82, 2.24) is 5.32 Å². The van der Waals surface area contributed by atoms with Gasteiger partial charge >= 0.3 is 0 Å². The van der Waals surface area contributed by atoms with Crippen molar-refractivity contribution < 1.29 is 4.79 Å². The van der Waals surface area contributed by atoms with E-state index in [0.717, 1.165) is 5.56 Å². The highest BCUT2D eigenvalue weighted by molar-refractivity contribution is 6.40. The summed E-state index contributed by atoms with van der Waals surface area (Å²) < 4.78 is 0. The Morgan fingerprint density at radius 2 is 1.57 bits per heavy atom. The number of hydrogen-bond acceptors (Lipinski definition) is 2. The summed E-state index contributed by atoms with van der Waals surface area (Å²) in [6.45, 7) is 14.0. The number of aliphatic imine (C=N–C) groups is 1. The lowest BCUT2D eigenvalue weighted by Crippen LogP contribution is -2.47. The maximum Gasteiger partial charge on any atom is 0.266 e. The number of benzene rings is 1. The highest BCUT2D eigenvalue weighted by atomic mass is 16.2. The number of nitrogens with zero attached hydrogens (tertiary/aromatic N) is 1. The largest absolute Gasteiger partial charge is 0.346 e. The highest BCUT2D eigenvalue weighted by Gasteiger charge is 2.29. The Morgan fingerprint density at radius 1 is 1.05 bits per heavy atom. The minimum absolute atomic E-state index is 0.0360. The molecule has 1 amide bonds. The molecule has 1 aromatic carbocycles. The molecule has 0 aliphatic rings. The van der Waals surface area contributed by atoms with E-state index in [1.54, 1.807) is 0 Å². The fraction of sp³-hybridized carbons (Fsp3) is 0.556. The van der Waals surface area contributed by atoms with Crippen molar-refractivity contribution in [3.8, 4) is 0 Å². The van der Waals surface area contributed by atoms with E-state index in [9.17, 15) is 4.79 Å². The molecule has 0 aromatic heterocycles. The summed E-state index contributed by atoms with van der Waals surface area (Å²) in [4.78, 5) is 17.2. The van der Waals surface area contributed by atoms with Crippen LogP contribution in [0.15, 0.2) is 35.3 Å². The minimum Gasteiger partial charge on any atom is -0.346 e. The van der Waals surface area contributed by atoms with Crippen LogP contribution in [-0.4, -0.2) is 17.2 Å². The molecule has 0 heterocycles. The van der Waals surface area contributed by atoms with Crippen molar-refractivity contribution in [3.63, 3.8) is 0 Å².